The van der Waals surface area contributed by atoms with Crippen molar-refractivity contribution >= 4 is 17.2 Å². The maximum Gasteiger partial charge on any atom is 0.263 e. The molecule has 1 N–H and O–H groups in total. The van der Waals surface area contributed by atoms with Gasteiger partial charge in [-0.25, -0.2) is 4.98 Å². The van der Waals surface area contributed by atoms with Gasteiger partial charge in [-0.2, -0.15) is 4.98 Å². The molecule has 3 rings (SSSR count). The molecule has 148 valence electrons. The van der Waals surface area contributed by atoms with Gasteiger partial charge in [0.2, 0.25) is 5.89 Å². The maximum absolute atomic E-state index is 12.8. The van der Waals surface area contributed by atoms with Crippen molar-refractivity contribution in [2.45, 2.75) is 59.4 Å². The summed E-state index contributed by atoms with van der Waals surface area (Å²) < 4.78 is 5.37. The topological polar surface area (TPSA) is 80.9 Å². The van der Waals surface area contributed by atoms with Gasteiger partial charge in [-0.15, -0.1) is 11.3 Å². The lowest BCUT2D eigenvalue weighted by Crippen LogP contribution is -2.41. The molecule has 2 heterocycles. The minimum Gasteiger partial charge on any atom is -0.339 e. The van der Waals surface area contributed by atoms with Gasteiger partial charge in [-0.05, 0) is 33.3 Å². The van der Waals surface area contributed by atoms with Crippen LogP contribution in [0.3, 0.4) is 0 Å². The summed E-state index contributed by atoms with van der Waals surface area (Å²) in [5.41, 5.74) is 2.37. The first-order valence-electron chi connectivity index (χ1n) is 9.18. The van der Waals surface area contributed by atoms with Crippen LogP contribution < -0.4 is 5.32 Å². The van der Waals surface area contributed by atoms with Gasteiger partial charge in [0.15, 0.2) is 5.82 Å². The molecule has 7 heteroatoms. The second-order valence-electron chi connectivity index (χ2n) is 8.60. The molecule has 2 aromatic heterocycles. The summed E-state index contributed by atoms with van der Waals surface area (Å²) in [4.78, 5) is 22.3. The van der Waals surface area contributed by atoms with Crippen LogP contribution in [-0.4, -0.2) is 21.0 Å². The lowest BCUT2D eigenvalue weighted by Gasteiger charge is -2.21. The number of aromatic nitrogens is 3. The summed E-state index contributed by atoms with van der Waals surface area (Å²) in [5.74, 6) is 0.783. The van der Waals surface area contributed by atoms with Gasteiger partial charge in [0.25, 0.3) is 5.91 Å². The van der Waals surface area contributed by atoms with Crippen LogP contribution in [0.25, 0.3) is 10.6 Å². The molecule has 0 aliphatic carbocycles. The first-order chi connectivity index (χ1) is 13.0. The molecule has 3 aromatic rings. The molecule has 6 nitrogen and oxygen atoms in total. The van der Waals surface area contributed by atoms with E-state index in [9.17, 15) is 4.79 Å². The molecule has 0 fully saturated rings. The SMILES string of the molecule is Cc1ccc(-c2ncc(C(=O)NC(C)(C)c3noc(C(C)(C)C)n3)s2)c(C)c1. The number of nitrogens with zero attached hydrogens (tertiary/aromatic N) is 3. The summed E-state index contributed by atoms with van der Waals surface area (Å²) in [6, 6.07) is 6.21. The number of hydrogen-bond donors (Lipinski definition) is 1. The van der Waals surface area contributed by atoms with Crippen molar-refractivity contribution in [3.05, 3.63) is 52.1 Å². The minimum absolute atomic E-state index is 0.208. The van der Waals surface area contributed by atoms with Gasteiger partial charge in [-0.1, -0.05) is 49.7 Å². The molecule has 0 atom stereocenters. The van der Waals surface area contributed by atoms with Crippen LogP contribution in [0.5, 0.6) is 0 Å². The fraction of sp³-hybridized carbons (Fsp3) is 0.429. The second kappa shape index (κ2) is 7.13. The van der Waals surface area contributed by atoms with Crippen molar-refractivity contribution in [3.8, 4) is 10.6 Å². The summed E-state index contributed by atoms with van der Waals surface area (Å²) in [6.07, 6.45) is 1.61. The molecule has 1 aromatic carbocycles. The first kappa shape index (κ1) is 20.2. The van der Waals surface area contributed by atoms with Crippen molar-refractivity contribution in [1.82, 2.24) is 20.4 Å². The van der Waals surface area contributed by atoms with Crippen LogP contribution in [-0.2, 0) is 11.0 Å². The number of amides is 1. The number of thiazole rings is 1. The molecule has 0 saturated heterocycles. The molecule has 0 aliphatic heterocycles. The number of carbonyl (C=O) groups is 1. The first-order valence-corrected chi connectivity index (χ1v) is 9.99. The number of carbonyl (C=O) groups excluding carboxylic acids is 1. The Balaban J connectivity index is 1.79. The van der Waals surface area contributed by atoms with E-state index in [0.29, 0.717) is 16.6 Å². The monoisotopic (exact) mass is 398 g/mol. The fourth-order valence-electron chi connectivity index (χ4n) is 2.74. The number of nitrogens with one attached hydrogen (secondary N) is 1. The largest absolute Gasteiger partial charge is 0.339 e. The predicted molar refractivity (Wildman–Crippen MR) is 111 cm³/mol. The molecular weight excluding hydrogens is 372 g/mol. The Morgan fingerprint density at radius 3 is 2.46 bits per heavy atom. The summed E-state index contributed by atoms with van der Waals surface area (Å²) >= 11 is 1.37. The van der Waals surface area contributed by atoms with E-state index in [1.165, 1.54) is 16.9 Å². The zero-order valence-corrected chi connectivity index (χ0v) is 18.2. The van der Waals surface area contributed by atoms with Crippen molar-refractivity contribution in [3.63, 3.8) is 0 Å². The summed E-state index contributed by atoms with van der Waals surface area (Å²) in [6.45, 7) is 13.8. The van der Waals surface area contributed by atoms with Gasteiger partial charge in [0.1, 0.15) is 9.88 Å². The molecule has 28 heavy (non-hydrogen) atoms. The molecule has 0 bridgehead atoms. The highest BCUT2D eigenvalue weighted by Gasteiger charge is 2.32. The highest BCUT2D eigenvalue weighted by Crippen LogP contribution is 2.29. The van der Waals surface area contributed by atoms with Gasteiger partial charge in [-0.3, -0.25) is 4.79 Å². The Morgan fingerprint density at radius 2 is 1.86 bits per heavy atom. The van der Waals surface area contributed by atoms with E-state index in [1.54, 1.807) is 6.20 Å². The lowest BCUT2D eigenvalue weighted by molar-refractivity contribution is 0.0911. The normalized spacial score (nSPS) is 12.2. The number of rotatable bonds is 4. The molecule has 1 amide bonds. The minimum atomic E-state index is -0.770. The smallest absolute Gasteiger partial charge is 0.263 e. The Morgan fingerprint density at radius 1 is 1.14 bits per heavy atom. The average molecular weight is 399 g/mol. The van der Waals surface area contributed by atoms with Crippen molar-refractivity contribution in [1.29, 1.82) is 0 Å². The zero-order chi connectivity index (χ0) is 20.7. The summed E-state index contributed by atoms with van der Waals surface area (Å²) in [5, 5.41) is 7.88. The van der Waals surface area contributed by atoms with E-state index in [1.807, 2.05) is 40.7 Å². The molecular formula is C21H26N4O2S. The van der Waals surface area contributed by atoms with Gasteiger partial charge < -0.3 is 9.84 Å². The van der Waals surface area contributed by atoms with Crippen LogP contribution in [0, 0.1) is 13.8 Å². The van der Waals surface area contributed by atoms with Crippen LogP contribution in [0.1, 0.15) is 67.1 Å². The quantitative estimate of drug-likeness (QED) is 0.684. The van der Waals surface area contributed by atoms with Crippen LogP contribution in [0.4, 0.5) is 0 Å². The van der Waals surface area contributed by atoms with Gasteiger partial charge in [0, 0.05) is 11.0 Å². The van der Waals surface area contributed by atoms with E-state index in [4.69, 9.17) is 4.52 Å². The van der Waals surface area contributed by atoms with Crippen LogP contribution >= 0.6 is 11.3 Å². The Labute approximate surface area is 169 Å². The zero-order valence-electron chi connectivity index (χ0n) is 17.4. The van der Waals surface area contributed by atoms with E-state index < -0.39 is 5.54 Å². The van der Waals surface area contributed by atoms with E-state index in [0.717, 1.165) is 16.1 Å². The number of benzene rings is 1. The van der Waals surface area contributed by atoms with Gasteiger partial charge in [0.05, 0.1) is 11.7 Å². The van der Waals surface area contributed by atoms with Crippen molar-refractivity contribution < 1.29 is 9.32 Å². The Hall–Kier alpha value is -2.54. The van der Waals surface area contributed by atoms with E-state index >= 15 is 0 Å². The predicted octanol–water partition coefficient (Wildman–Crippen LogP) is 4.77. The van der Waals surface area contributed by atoms with Crippen LogP contribution in [0.2, 0.25) is 0 Å². The second-order valence-corrected chi connectivity index (χ2v) is 9.63. The highest BCUT2D eigenvalue weighted by atomic mass is 32.1. The fourth-order valence-corrected chi connectivity index (χ4v) is 3.64. The molecule has 0 spiro atoms. The third-order valence-corrected chi connectivity index (χ3v) is 5.42. The maximum atomic E-state index is 12.8. The molecule has 0 aliphatic rings. The highest BCUT2D eigenvalue weighted by molar-refractivity contribution is 7.16. The third-order valence-electron chi connectivity index (χ3n) is 4.39. The molecule has 0 unspecified atom stereocenters. The third kappa shape index (κ3) is 4.14. The lowest BCUT2D eigenvalue weighted by atomic mass is 9.97. The van der Waals surface area contributed by atoms with Crippen molar-refractivity contribution in [2.24, 2.45) is 0 Å². The number of hydrogen-bond acceptors (Lipinski definition) is 6. The average Bonchev–Trinajstić information content (AvgIpc) is 3.24. The van der Waals surface area contributed by atoms with E-state index in [2.05, 4.69) is 46.4 Å². The molecule has 0 saturated carbocycles. The van der Waals surface area contributed by atoms with Crippen LogP contribution in [0.15, 0.2) is 28.9 Å². The van der Waals surface area contributed by atoms with Crippen molar-refractivity contribution in [2.75, 3.05) is 0 Å². The molecule has 0 radical (unpaired) electrons. The Kier molecular flexibility index (Phi) is 5.14. The van der Waals surface area contributed by atoms with E-state index in [-0.39, 0.29) is 11.3 Å². The number of aryl methyl sites for hydroxylation is 2. The standard InChI is InChI=1S/C21H26N4O2S/c1-12-8-9-14(13(2)10-12)17-22-11-15(28-17)16(26)24-21(6,7)18-23-19(27-25-18)20(3,4)5/h8-11H,1-7H3,(H,24,26). The van der Waals surface area contributed by atoms with Gasteiger partial charge >= 0.3 is 0 Å². The Bertz CT molecular complexity index is 1010. The summed E-state index contributed by atoms with van der Waals surface area (Å²) in [7, 11) is 0.